The number of unbranched alkanes of at least 4 members (excludes halogenated alkanes) is 1. The van der Waals surface area contributed by atoms with Gasteiger partial charge in [-0.05, 0) is 50.1 Å². The van der Waals surface area contributed by atoms with E-state index in [0.29, 0.717) is 0 Å². The van der Waals surface area contributed by atoms with Gasteiger partial charge in [-0.15, -0.1) is 0 Å². The number of methoxy groups -OCH3 is 1. The van der Waals surface area contributed by atoms with Crippen LogP contribution < -0.4 is 4.74 Å². The van der Waals surface area contributed by atoms with Gasteiger partial charge in [-0.3, -0.25) is 0 Å². The number of aromatic hydroxyl groups is 1. The lowest BCUT2D eigenvalue weighted by Gasteiger charge is -2.09. The second kappa shape index (κ2) is 7.43. The molecule has 4 heteroatoms. The Balaban J connectivity index is 2.14. The molecule has 0 fully saturated rings. The maximum absolute atomic E-state index is 10.8. The van der Waals surface area contributed by atoms with E-state index in [1.54, 1.807) is 7.11 Å². The van der Waals surface area contributed by atoms with E-state index in [0.717, 1.165) is 53.2 Å². The van der Waals surface area contributed by atoms with Crippen LogP contribution in [-0.2, 0) is 6.42 Å². The zero-order chi connectivity index (χ0) is 17.8. The molecule has 0 unspecified atom stereocenters. The molecule has 0 atom stereocenters. The van der Waals surface area contributed by atoms with Gasteiger partial charge < -0.3 is 9.84 Å². The van der Waals surface area contributed by atoms with E-state index in [-0.39, 0.29) is 5.75 Å². The van der Waals surface area contributed by atoms with Gasteiger partial charge in [-0.2, -0.15) is 5.10 Å². The number of rotatable bonds is 6. The Morgan fingerprint density at radius 2 is 1.88 bits per heavy atom. The Morgan fingerprint density at radius 1 is 1.12 bits per heavy atom. The minimum absolute atomic E-state index is 0.273. The number of aryl methyl sites for hydroxylation is 2. The molecule has 0 saturated heterocycles. The molecule has 0 bridgehead atoms. The van der Waals surface area contributed by atoms with E-state index >= 15 is 0 Å². The van der Waals surface area contributed by atoms with Crippen molar-refractivity contribution in [1.29, 1.82) is 0 Å². The molecule has 2 aromatic carbocycles. The van der Waals surface area contributed by atoms with Crippen molar-refractivity contribution in [3.05, 3.63) is 59.8 Å². The Hall–Kier alpha value is -2.75. The van der Waals surface area contributed by atoms with Gasteiger partial charge in [0.25, 0.3) is 0 Å². The number of benzene rings is 2. The van der Waals surface area contributed by atoms with Crippen molar-refractivity contribution in [3.63, 3.8) is 0 Å². The van der Waals surface area contributed by atoms with Gasteiger partial charge in [0, 0.05) is 5.56 Å². The van der Waals surface area contributed by atoms with E-state index < -0.39 is 0 Å². The summed E-state index contributed by atoms with van der Waals surface area (Å²) >= 11 is 0. The molecule has 0 aliphatic heterocycles. The molecule has 130 valence electrons. The number of hydrogen-bond donors (Lipinski definition) is 1. The van der Waals surface area contributed by atoms with Crippen LogP contribution in [0.5, 0.6) is 11.5 Å². The Morgan fingerprint density at radius 3 is 2.52 bits per heavy atom. The highest BCUT2D eigenvalue weighted by atomic mass is 16.5. The van der Waals surface area contributed by atoms with Crippen molar-refractivity contribution in [3.8, 4) is 28.4 Å². The summed E-state index contributed by atoms with van der Waals surface area (Å²) in [6.45, 7) is 4.19. The highest BCUT2D eigenvalue weighted by Gasteiger charge is 2.19. The van der Waals surface area contributed by atoms with Crippen molar-refractivity contribution in [2.75, 3.05) is 7.11 Å². The third-order valence-corrected chi connectivity index (χ3v) is 4.31. The molecular weight excluding hydrogens is 312 g/mol. The smallest absolute Gasteiger partial charge is 0.165 e. The van der Waals surface area contributed by atoms with Gasteiger partial charge in [0.15, 0.2) is 5.75 Å². The fraction of sp³-hybridized carbons (Fsp3) is 0.286. The van der Waals surface area contributed by atoms with Crippen molar-refractivity contribution in [2.24, 2.45) is 0 Å². The summed E-state index contributed by atoms with van der Waals surface area (Å²) < 4.78 is 7.07. The van der Waals surface area contributed by atoms with E-state index in [1.165, 1.54) is 0 Å². The maximum Gasteiger partial charge on any atom is 0.165 e. The summed E-state index contributed by atoms with van der Waals surface area (Å²) in [5.74, 6) is 1.07. The molecule has 0 spiro atoms. The predicted molar refractivity (Wildman–Crippen MR) is 101 cm³/mol. The van der Waals surface area contributed by atoms with E-state index in [2.05, 4.69) is 13.0 Å². The summed E-state index contributed by atoms with van der Waals surface area (Å²) in [7, 11) is 1.65. The van der Waals surface area contributed by atoms with Gasteiger partial charge in [-0.25, -0.2) is 4.68 Å². The van der Waals surface area contributed by atoms with Crippen LogP contribution in [-0.4, -0.2) is 22.0 Å². The first-order chi connectivity index (χ1) is 12.1. The molecular formula is C21H24N2O2. The monoisotopic (exact) mass is 336 g/mol. The first kappa shape index (κ1) is 17.1. The normalized spacial score (nSPS) is 10.8. The summed E-state index contributed by atoms with van der Waals surface area (Å²) in [6.07, 6.45) is 2.83. The van der Waals surface area contributed by atoms with Gasteiger partial charge in [-0.1, -0.05) is 37.1 Å². The van der Waals surface area contributed by atoms with Gasteiger partial charge in [0.1, 0.15) is 17.1 Å². The van der Waals surface area contributed by atoms with Crippen LogP contribution in [0.4, 0.5) is 0 Å². The van der Waals surface area contributed by atoms with Crippen LogP contribution >= 0.6 is 0 Å². The standard InChI is InChI=1S/C21H24N2O2/c1-4-5-9-19-21(24)20(16-8-6-7-15(2)14-16)23(22-19)17-10-12-18(25-3)13-11-17/h6-8,10-14,24H,4-5,9H2,1-3H3. The molecule has 0 aliphatic rings. The minimum atomic E-state index is 0.273. The number of hydrogen-bond acceptors (Lipinski definition) is 3. The Kier molecular flexibility index (Phi) is 5.08. The average Bonchev–Trinajstić information content (AvgIpc) is 2.96. The van der Waals surface area contributed by atoms with Crippen LogP contribution in [0.2, 0.25) is 0 Å². The van der Waals surface area contributed by atoms with E-state index in [9.17, 15) is 5.11 Å². The molecule has 0 amide bonds. The molecule has 1 aromatic heterocycles. The molecule has 3 aromatic rings. The Bertz CT molecular complexity index is 851. The van der Waals surface area contributed by atoms with Crippen LogP contribution in [0.1, 0.15) is 31.0 Å². The number of nitrogens with zero attached hydrogens (tertiary/aromatic N) is 2. The zero-order valence-corrected chi connectivity index (χ0v) is 15.0. The fourth-order valence-corrected chi connectivity index (χ4v) is 2.93. The summed E-state index contributed by atoms with van der Waals surface area (Å²) in [6, 6.07) is 15.8. The van der Waals surface area contributed by atoms with Crippen LogP contribution in [0.3, 0.4) is 0 Å². The molecule has 1 N–H and O–H groups in total. The summed E-state index contributed by atoms with van der Waals surface area (Å²) in [5, 5.41) is 15.5. The summed E-state index contributed by atoms with van der Waals surface area (Å²) in [4.78, 5) is 0. The SMILES string of the molecule is CCCCc1nn(-c2ccc(OC)cc2)c(-c2cccc(C)c2)c1O. The highest BCUT2D eigenvalue weighted by molar-refractivity contribution is 5.70. The lowest BCUT2D eigenvalue weighted by atomic mass is 10.1. The van der Waals surface area contributed by atoms with Gasteiger partial charge in [0.05, 0.1) is 12.8 Å². The molecule has 0 radical (unpaired) electrons. The molecule has 1 heterocycles. The lowest BCUT2D eigenvalue weighted by molar-refractivity contribution is 0.414. The lowest BCUT2D eigenvalue weighted by Crippen LogP contribution is -2.00. The summed E-state index contributed by atoms with van der Waals surface area (Å²) in [5.41, 5.74) is 4.49. The third-order valence-electron chi connectivity index (χ3n) is 4.31. The number of ether oxygens (including phenoxy) is 1. The van der Waals surface area contributed by atoms with Crippen LogP contribution in [0.15, 0.2) is 48.5 Å². The number of aromatic nitrogens is 2. The van der Waals surface area contributed by atoms with Gasteiger partial charge in [0.2, 0.25) is 0 Å². The van der Waals surface area contributed by atoms with E-state index in [4.69, 9.17) is 9.84 Å². The van der Waals surface area contributed by atoms with Crippen molar-refractivity contribution in [1.82, 2.24) is 9.78 Å². The second-order valence-corrected chi connectivity index (χ2v) is 6.23. The predicted octanol–water partition coefficient (Wildman–Crippen LogP) is 4.90. The van der Waals surface area contributed by atoms with Crippen molar-refractivity contribution < 1.29 is 9.84 Å². The van der Waals surface area contributed by atoms with Crippen LogP contribution in [0, 0.1) is 6.92 Å². The largest absolute Gasteiger partial charge is 0.504 e. The zero-order valence-electron chi connectivity index (χ0n) is 15.0. The minimum Gasteiger partial charge on any atom is -0.504 e. The average molecular weight is 336 g/mol. The van der Waals surface area contributed by atoms with Crippen LogP contribution in [0.25, 0.3) is 16.9 Å². The Labute approximate surface area is 148 Å². The van der Waals surface area contributed by atoms with Gasteiger partial charge >= 0.3 is 0 Å². The van der Waals surface area contributed by atoms with Crippen molar-refractivity contribution >= 4 is 0 Å². The quantitative estimate of drug-likeness (QED) is 0.696. The third kappa shape index (κ3) is 3.53. The fourth-order valence-electron chi connectivity index (χ4n) is 2.93. The molecule has 4 nitrogen and oxygen atoms in total. The molecule has 0 saturated carbocycles. The first-order valence-electron chi connectivity index (χ1n) is 8.66. The first-order valence-corrected chi connectivity index (χ1v) is 8.66. The maximum atomic E-state index is 10.8. The topological polar surface area (TPSA) is 47.3 Å². The highest BCUT2D eigenvalue weighted by Crippen LogP contribution is 2.35. The molecule has 3 rings (SSSR count). The molecule has 25 heavy (non-hydrogen) atoms. The van der Waals surface area contributed by atoms with Crippen molar-refractivity contribution in [2.45, 2.75) is 33.1 Å². The molecule has 0 aliphatic carbocycles. The second-order valence-electron chi connectivity index (χ2n) is 6.23. The van der Waals surface area contributed by atoms with E-state index in [1.807, 2.05) is 54.1 Å².